The van der Waals surface area contributed by atoms with Crippen LogP contribution in [0.4, 0.5) is 0 Å². The fourth-order valence-corrected chi connectivity index (χ4v) is 4.09. The van der Waals surface area contributed by atoms with Crippen LogP contribution in [0.2, 0.25) is 0 Å². The van der Waals surface area contributed by atoms with Gasteiger partial charge in [-0.05, 0) is 23.3 Å². The summed E-state index contributed by atoms with van der Waals surface area (Å²) in [5, 5.41) is 3.12. The molecule has 6 nitrogen and oxygen atoms in total. The summed E-state index contributed by atoms with van der Waals surface area (Å²) in [7, 11) is -3.16. The van der Waals surface area contributed by atoms with Gasteiger partial charge in [0, 0.05) is 31.5 Å². The number of hydrogen-bond acceptors (Lipinski definition) is 5. The molecular weight excluding hydrogens is 376 g/mol. The number of hydrogen-bond donors (Lipinski definition) is 1. The Morgan fingerprint density at radius 2 is 1.82 bits per heavy atom. The molecule has 1 saturated heterocycles. The van der Waals surface area contributed by atoms with Crippen LogP contribution in [0.3, 0.4) is 0 Å². The Balaban J connectivity index is 1.76. The minimum Gasteiger partial charge on any atom is -0.379 e. The Labute approximate surface area is 166 Å². The maximum atomic E-state index is 12.9. The fourth-order valence-electron chi connectivity index (χ4n) is 3.31. The SMILES string of the molecule is CS(=O)(=O)Cc1cccc(C(=O)N[C@@H](CN2CCOCC2)c2ccccc2)c1. The van der Waals surface area contributed by atoms with Crippen LogP contribution in [0, 0.1) is 0 Å². The van der Waals surface area contributed by atoms with E-state index in [0.717, 1.165) is 18.7 Å². The number of nitrogens with one attached hydrogen (secondary N) is 1. The number of sulfone groups is 1. The molecule has 1 amide bonds. The highest BCUT2D eigenvalue weighted by molar-refractivity contribution is 7.89. The van der Waals surface area contributed by atoms with Crippen molar-refractivity contribution in [3.8, 4) is 0 Å². The zero-order valence-electron chi connectivity index (χ0n) is 16.0. The summed E-state index contributed by atoms with van der Waals surface area (Å²) in [5.41, 5.74) is 2.11. The van der Waals surface area contributed by atoms with Gasteiger partial charge >= 0.3 is 0 Å². The fraction of sp³-hybridized carbons (Fsp3) is 0.381. The monoisotopic (exact) mass is 402 g/mol. The topological polar surface area (TPSA) is 75.7 Å². The molecular formula is C21H26N2O4S. The summed E-state index contributed by atoms with van der Waals surface area (Å²) >= 11 is 0. The molecule has 1 atom stereocenters. The minimum absolute atomic E-state index is 0.0794. The average molecular weight is 403 g/mol. The first-order valence-electron chi connectivity index (χ1n) is 9.33. The van der Waals surface area contributed by atoms with Crippen LogP contribution < -0.4 is 5.32 Å². The van der Waals surface area contributed by atoms with E-state index in [4.69, 9.17) is 4.74 Å². The first-order chi connectivity index (χ1) is 13.4. The molecule has 1 N–H and O–H groups in total. The quantitative estimate of drug-likeness (QED) is 0.767. The summed E-state index contributed by atoms with van der Waals surface area (Å²) in [6, 6.07) is 16.5. The second-order valence-corrected chi connectivity index (χ2v) is 9.26. The minimum atomic E-state index is -3.16. The third-order valence-corrected chi connectivity index (χ3v) is 5.53. The molecule has 1 aliphatic rings. The maximum absolute atomic E-state index is 12.9. The predicted octanol–water partition coefficient (Wildman–Crippen LogP) is 2.03. The number of carbonyl (C=O) groups is 1. The van der Waals surface area contributed by atoms with E-state index in [1.165, 1.54) is 6.26 Å². The molecule has 0 bridgehead atoms. The van der Waals surface area contributed by atoms with Crippen LogP contribution in [0.25, 0.3) is 0 Å². The van der Waals surface area contributed by atoms with Crippen molar-refractivity contribution >= 4 is 15.7 Å². The Morgan fingerprint density at radius 1 is 1.11 bits per heavy atom. The second-order valence-electron chi connectivity index (χ2n) is 7.12. The van der Waals surface area contributed by atoms with Crippen molar-refractivity contribution in [3.63, 3.8) is 0 Å². The van der Waals surface area contributed by atoms with E-state index >= 15 is 0 Å². The van der Waals surface area contributed by atoms with Crippen molar-refractivity contribution in [2.75, 3.05) is 39.1 Å². The highest BCUT2D eigenvalue weighted by Gasteiger charge is 2.21. The van der Waals surface area contributed by atoms with Gasteiger partial charge in [0.25, 0.3) is 5.91 Å². The molecule has 0 spiro atoms. The first kappa shape index (κ1) is 20.5. The lowest BCUT2D eigenvalue weighted by molar-refractivity contribution is 0.0332. The van der Waals surface area contributed by atoms with Crippen LogP contribution in [-0.4, -0.2) is 58.3 Å². The van der Waals surface area contributed by atoms with Crippen molar-refractivity contribution < 1.29 is 17.9 Å². The largest absolute Gasteiger partial charge is 0.379 e. The summed E-state index contributed by atoms with van der Waals surface area (Å²) in [6.07, 6.45) is 1.19. The van der Waals surface area contributed by atoms with Crippen molar-refractivity contribution in [2.45, 2.75) is 11.8 Å². The Kier molecular flexibility index (Phi) is 6.83. The normalized spacial score (nSPS) is 16.5. The lowest BCUT2D eigenvalue weighted by Crippen LogP contribution is -2.43. The van der Waals surface area contributed by atoms with Crippen LogP contribution in [0.5, 0.6) is 0 Å². The molecule has 150 valence electrons. The van der Waals surface area contributed by atoms with E-state index < -0.39 is 9.84 Å². The molecule has 0 saturated carbocycles. The summed E-state index contributed by atoms with van der Waals surface area (Å²) < 4.78 is 28.5. The first-order valence-corrected chi connectivity index (χ1v) is 11.4. The van der Waals surface area contributed by atoms with Crippen LogP contribution in [0.15, 0.2) is 54.6 Å². The van der Waals surface area contributed by atoms with Crippen molar-refractivity contribution in [1.29, 1.82) is 0 Å². The number of benzene rings is 2. The molecule has 1 aliphatic heterocycles. The molecule has 0 unspecified atom stereocenters. The van der Waals surface area contributed by atoms with Crippen molar-refractivity contribution in [2.24, 2.45) is 0 Å². The lowest BCUT2D eigenvalue weighted by Gasteiger charge is -2.31. The van der Waals surface area contributed by atoms with Gasteiger partial charge in [0.05, 0.1) is 25.0 Å². The molecule has 0 aliphatic carbocycles. The van der Waals surface area contributed by atoms with Gasteiger partial charge in [0.1, 0.15) is 0 Å². The molecule has 0 aromatic heterocycles. The van der Waals surface area contributed by atoms with Gasteiger partial charge in [-0.3, -0.25) is 9.69 Å². The second kappa shape index (κ2) is 9.32. The van der Waals surface area contributed by atoms with Gasteiger partial charge in [0.15, 0.2) is 9.84 Å². The van der Waals surface area contributed by atoms with E-state index in [-0.39, 0.29) is 17.7 Å². The molecule has 1 heterocycles. The number of nitrogens with zero attached hydrogens (tertiary/aromatic N) is 1. The van der Waals surface area contributed by atoms with Gasteiger partial charge in [-0.2, -0.15) is 0 Å². The van der Waals surface area contributed by atoms with Gasteiger partial charge in [-0.1, -0.05) is 42.5 Å². The lowest BCUT2D eigenvalue weighted by atomic mass is 10.0. The number of amides is 1. The molecule has 2 aromatic rings. The van der Waals surface area contributed by atoms with E-state index in [0.29, 0.717) is 30.9 Å². The van der Waals surface area contributed by atoms with E-state index in [1.54, 1.807) is 24.3 Å². The van der Waals surface area contributed by atoms with E-state index in [1.807, 2.05) is 30.3 Å². The van der Waals surface area contributed by atoms with Crippen LogP contribution in [0.1, 0.15) is 27.5 Å². The zero-order valence-corrected chi connectivity index (χ0v) is 16.8. The summed E-state index contributed by atoms with van der Waals surface area (Å²) in [6.45, 7) is 3.76. The standard InChI is InChI=1S/C21H26N2O4S/c1-28(25,26)16-17-6-5-9-19(14-17)21(24)22-20(18-7-3-2-4-8-18)15-23-10-12-27-13-11-23/h2-9,14,20H,10-13,15-16H2,1H3,(H,22,24)/t20-/m0/s1. The third kappa shape index (κ3) is 6.15. The highest BCUT2D eigenvalue weighted by Crippen LogP contribution is 2.17. The van der Waals surface area contributed by atoms with Gasteiger partial charge in [-0.25, -0.2) is 8.42 Å². The average Bonchev–Trinajstić information content (AvgIpc) is 2.68. The molecule has 7 heteroatoms. The number of morpholine rings is 1. The maximum Gasteiger partial charge on any atom is 0.251 e. The summed E-state index contributed by atoms with van der Waals surface area (Å²) in [4.78, 5) is 15.2. The predicted molar refractivity (Wildman–Crippen MR) is 109 cm³/mol. The number of rotatable bonds is 7. The van der Waals surface area contributed by atoms with Gasteiger partial charge in [0.2, 0.25) is 0 Å². The van der Waals surface area contributed by atoms with Gasteiger partial charge in [-0.15, -0.1) is 0 Å². The highest BCUT2D eigenvalue weighted by atomic mass is 32.2. The van der Waals surface area contributed by atoms with E-state index in [9.17, 15) is 13.2 Å². The van der Waals surface area contributed by atoms with E-state index in [2.05, 4.69) is 10.2 Å². The molecule has 28 heavy (non-hydrogen) atoms. The third-order valence-electron chi connectivity index (χ3n) is 4.67. The Morgan fingerprint density at radius 3 is 2.50 bits per heavy atom. The Bertz CT molecular complexity index is 894. The molecule has 2 aromatic carbocycles. The van der Waals surface area contributed by atoms with Crippen LogP contribution in [-0.2, 0) is 20.3 Å². The Hall–Kier alpha value is -2.22. The van der Waals surface area contributed by atoms with Crippen molar-refractivity contribution in [3.05, 3.63) is 71.3 Å². The number of ether oxygens (including phenoxy) is 1. The van der Waals surface area contributed by atoms with Crippen LogP contribution >= 0.6 is 0 Å². The smallest absolute Gasteiger partial charge is 0.251 e. The molecule has 3 rings (SSSR count). The van der Waals surface area contributed by atoms with Crippen molar-refractivity contribution in [1.82, 2.24) is 10.2 Å². The molecule has 1 fully saturated rings. The van der Waals surface area contributed by atoms with Gasteiger partial charge < -0.3 is 10.1 Å². The summed E-state index contributed by atoms with van der Waals surface area (Å²) in [5.74, 6) is -0.290. The number of carbonyl (C=O) groups excluding carboxylic acids is 1. The molecule has 0 radical (unpaired) electrons. The zero-order chi connectivity index (χ0) is 20.0.